The molecule has 0 N–H and O–H groups in total. The van der Waals surface area contributed by atoms with Gasteiger partial charge in [-0.3, -0.25) is 9.78 Å². The molecule has 1 atom stereocenters. The average Bonchev–Trinajstić information content (AvgIpc) is 2.63. The third-order valence-electron chi connectivity index (χ3n) is 5.37. The van der Waals surface area contributed by atoms with Crippen LogP contribution in [0.1, 0.15) is 83.0 Å². The summed E-state index contributed by atoms with van der Waals surface area (Å²) >= 11 is 0. The fraction of sp³-hybridized carbons (Fsp3) is 0.684. The van der Waals surface area contributed by atoms with Crippen molar-refractivity contribution in [3.63, 3.8) is 0 Å². The maximum Gasteiger partial charge on any atom is 0.201 e. The first kappa shape index (κ1) is 18.3. The molecule has 128 valence electrons. The summed E-state index contributed by atoms with van der Waals surface area (Å²) in [6.07, 6.45) is 4.13. The number of carbonyl (C=O) groups is 1. The molecule has 0 aromatic carbocycles. The molecule has 0 saturated heterocycles. The Bertz CT molecular complexity index is 532. The van der Waals surface area contributed by atoms with Crippen LogP contribution in [0.5, 0.6) is 0 Å². The van der Waals surface area contributed by atoms with Gasteiger partial charge in [-0.25, -0.2) is 0 Å². The van der Waals surface area contributed by atoms with Gasteiger partial charge in [0.25, 0.3) is 0 Å². The summed E-state index contributed by atoms with van der Waals surface area (Å²) in [5.74, 6) is 0.164. The van der Waals surface area contributed by atoms with Crippen LogP contribution in [0.15, 0.2) is 18.3 Å². The number of aromatic nitrogens is 1. The number of ketones is 1. The highest BCUT2D eigenvalue weighted by Crippen LogP contribution is 2.46. The van der Waals surface area contributed by atoms with Crippen molar-refractivity contribution in [1.82, 2.24) is 4.98 Å². The van der Waals surface area contributed by atoms with Gasteiger partial charge in [-0.05, 0) is 35.5 Å². The Hall–Kier alpha value is -1.00. The molecule has 1 heterocycles. The Morgan fingerprint density at radius 3 is 2.30 bits per heavy atom. The number of hydrogen-bond donors (Lipinski definition) is 0. The zero-order chi connectivity index (χ0) is 17.2. The van der Waals surface area contributed by atoms with Gasteiger partial charge in [0.15, 0.2) is 5.78 Å². The van der Waals surface area contributed by atoms with Crippen molar-refractivity contribution < 1.29 is 9.22 Å². The molecule has 0 aliphatic heterocycles. The zero-order valence-electron chi connectivity index (χ0n) is 15.4. The molecular formula is C19H31NO2Si. The second-order valence-corrected chi connectivity index (χ2v) is 13.1. The van der Waals surface area contributed by atoms with E-state index in [1.807, 2.05) is 12.1 Å². The molecule has 0 radical (unpaired) electrons. The molecule has 0 spiro atoms. The van der Waals surface area contributed by atoms with E-state index in [4.69, 9.17) is 4.43 Å². The standard InChI is InChI=1S/C19H31NO2Si/c1-13(2)23(14(3)4,15(5)6)22-18-11-7-10-17(21)19-16(18)9-8-12-20-19/h8-9,12-15,18H,7,10-11H2,1-6H3/t18-/m1/s1. The van der Waals surface area contributed by atoms with Gasteiger partial charge in [-0.2, -0.15) is 0 Å². The van der Waals surface area contributed by atoms with E-state index in [9.17, 15) is 4.79 Å². The summed E-state index contributed by atoms with van der Waals surface area (Å²) in [5.41, 5.74) is 3.27. The van der Waals surface area contributed by atoms with E-state index in [1.165, 1.54) is 0 Å². The molecule has 4 heteroatoms. The lowest BCUT2D eigenvalue weighted by molar-refractivity contribution is 0.0977. The maximum absolute atomic E-state index is 12.3. The van der Waals surface area contributed by atoms with E-state index in [1.54, 1.807) is 6.20 Å². The number of rotatable bonds is 5. The number of carbonyl (C=O) groups excluding carboxylic acids is 1. The van der Waals surface area contributed by atoms with Crippen molar-refractivity contribution in [2.75, 3.05) is 0 Å². The van der Waals surface area contributed by atoms with Crippen LogP contribution in [-0.2, 0) is 4.43 Å². The predicted molar refractivity (Wildman–Crippen MR) is 97.3 cm³/mol. The SMILES string of the molecule is CC(C)[Si](O[C@@H]1CCCC(=O)c2ncccc21)(C(C)C)C(C)C. The highest BCUT2D eigenvalue weighted by atomic mass is 28.4. The molecule has 1 aromatic rings. The molecule has 0 fully saturated rings. The van der Waals surface area contributed by atoms with E-state index < -0.39 is 8.32 Å². The van der Waals surface area contributed by atoms with E-state index >= 15 is 0 Å². The van der Waals surface area contributed by atoms with Gasteiger partial charge in [0.1, 0.15) is 5.69 Å². The molecule has 2 rings (SSSR count). The van der Waals surface area contributed by atoms with Crippen molar-refractivity contribution in [2.24, 2.45) is 0 Å². The Kier molecular flexibility index (Phi) is 5.79. The first-order valence-electron chi connectivity index (χ1n) is 8.96. The molecule has 3 nitrogen and oxygen atoms in total. The van der Waals surface area contributed by atoms with Crippen LogP contribution < -0.4 is 0 Å². The van der Waals surface area contributed by atoms with Crippen molar-refractivity contribution >= 4 is 14.1 Å². The molecule has 1 aliphatic rings. The third kappa shape index (κ3) is 3.43. The lowest BCUT2D eigenvalue weighted by Gasteiger charge is -2.44. The van der Waals surface area contributed by atoms with Crippen LogP contribution in [0.3, 0.4) is 0 Å². The normalized spacial score (nSPS) is 19.3. The molecular weight excluding hydrogens is 302 g/mol. The number of fused-ring (bicyclic) bond motifs is 1. The number of nitrogens with zero attached hydrogens (tertiary/aromatic N) is 1. The number of Topliss-reactive ketones (excluding diaryl/α,β-unsaturated/α-hetero) is 1. The summed E-state index contributed by atoms with van der Waals surface area (Å²) in [6, 6.07) is 3.97. The lowest BCUT2D eigenvalue weighted by Crippen LogP contribution is -2.48. The van der Waals surface area contributed by atoms with Gasteiger partial charge in [0.05, 0.1) is 6.10 Å². The average molecular weight is 334 g/mol. The van der Waals surface area contributed by atoms with Crippen molar-refractivity contribution in [3.8, 4) is 0 Å². The van der Waals surface area contributed by atoms with Gasteiger partial charge in [0, 0.05) is 18.2 Å². The van der Waals surface area contributed by atoms with Crippen LogP contribution in [0.25, 0.3) is 0 Å². The van der Waals surface area contributed by atoms with Gasteiger partial charge < -0.3 is 4.43 Å². The molecule has 1 aromatic heterocycles. The van der Waals surface area contributed by atoms with Gasteiger partial charge in [-0.1, -0.05) is 47.6 Å². The van der Waals surface area contributed by atoms with Crippen LogP contribution in [0.4, 0.5) is 0 Å². The van der Waals surface area contributed by atoms with Gasteiger partial charge >= 0.3 is 0 Å². The second-order valence-electron chi connectivity index (χ2n) is 7.68. The summed E-state index contributed by atoms with van der Waals surface area (Å²) < 4.78 is 6.96. The molecule has 0 saturated carbocycles. The topological polar surface area (TPSA) is 39.2 Å². The minimum atomic E-state index is -1.97. The fourth-order valence-electron chi connectivity index (χ4n) is 4.41. The first-order valence-corrected chi connectivity index (χ1v) is 11.1. The largest absolute Gasteiger partial charge is 0.409 e. The molecule has 23 heavy (non-hydrogen) atoms. The summed E-state index contributed by atoms with van der Waals surface area (Å²) in [7, 11) is -1.97. The Balaban J connectivity index is 2.44. The Morgan fingerprint density at radius 2 is 1.74 bits per heavy atom. The smallest absolute Gasteiger partial charge is 0.201 e. The molecule has 0 unspecified atom stereocenters. The van der Waals surface area contributed by atoms with E-state index in [0.29, 0.717) is 28.7 Å². The Morgan fingerprint density at radius 1 is 1.13 bits per heavy atom. The molecule has 1 aliphatic carbocycles. The van der Waals surface area contributed by atoms with Crippen molar-refractivity contribution in [2.45, 2.75) is 83.5 Å². The van der Waals surface area contributed by atoms with E-state index in [-0.39, 0.29) is 11.9 Å². The van der Waals surface area contributed by atoms with Crippen molar-refractivity contribution in [3.05, 3.63) is 29.6 Å². The second kappa shape index (κ2) is 7.26. The van der Waals surface area contributed by atoms with E-state index in [0.717, 1.165) is 18.4 Å². The van der Waals surface area contributed by atoms with Crippen LogP contribution in [-0.4, -0.2) is 19.1 Å². The lowest BCUT2D eigenvalue weighted by atomic mass is 10.1. The van der Waals surface area contributed by atoms with E-state index in [2.05, 4.69) is 46.5 Å². The zero-order valence-corrected chi connectivity index (χ0v) is 16.4. The quantitative estimate of drug-likeness (QED) is 0.514. The monoisotopic (exact) mass is 333 g/mol. The van der Waals surface area contributed by atoms with Crippen LogP contribution in [0.2, 0.25) is 16.6 Å². The third-order valence-corrected chi connectivity index (χ3v) is 11.5. The first-order chi connectivity index (χ1) is 10.8. The van der Waals surface area contributed by atoms with Crippen LogP contribution >= 0.6 is 0 Å². The van der Waals surface area contributed by atoms with Gasteiger partial charge in [0.2, 0.25) is 8.32 Å². The minimum Gasteiger partial charge on any atom is -0.409 e. The maximum atomic E-state index is 12.3. The Labute approximate surface area is 142 Å². The minimum absolute atomic E-state index is 0.0176. The number of pyridine rings is 1. The highest BCUT2D eigenvalue weighted by Gasteiger charge is 2.47. The van der Waals surface area contributed by atoms with Crippen LogP contribution in [0, 0.1) is 0 Å². The highest BCUT2D eigenvalue weighted by molar-refractivity contribution is 6.77. The number of hydrogen-bond acceptors (Lipinski definition) is 3. The van der Waals surface area contributed by atoms with Crippen molar-refractivity contribution in [1.29, 1.82) is 0 Å². The predicted octanol–water partition coefficient (Wildman–Crippen LogP) is 5.68. The summed E-state index contributed by atoms with van der Waals surface area (Å²) in [4.78, 5) is 16.7. The molecule has 0 amide bonds. The molecule has 0 bridgehead atoms. The fourth-order valence-corrected chi connectivity index (χ4v) is 9.96. The summed E-state index contributed by atoms with van der Waals surface area (Å²) in [6.45, 7) is 13.8. The summed E-state index contributed by atoms with van der Waals surface area (Å²) in [5, 5.41) is 0. The van der Waals surface area contributed by atoms with Gasteiger partial charge in [-0.15, -0.1) is 0 Å².